The number of carbonyl (C=O) groups excluding carboxylic acids is 1. The highest BCUT2D eigenvalue weighted by atomic mass is 16.5. The number of aryl methyl sites for hydroxylation is 2. The van der Waals surface area contributed by atoms with Gasteiger partial charge in [0.1, 0.15) is 24.4 Å². The second-order valence-corrected chi connectivity index (χ2v) is 9.83. The van der Waals surface area contributed by atoms with Crippen LogP contribution in [0.1, 0.15) is 59.4 Å². The van der Waals surface area contributed by atoms with Crippen LogP contribution in [0, 0.1) is 13.8 Å². The molecule has 5 heteroatoms. The Morgan fingerprint density at radius 2 is 1.71 bits per heavy atom. The molecule has 5 rings (SSSR count). The maximum atomic E-state index is 10.9. The Bertz CT molecular complexity index is 1200. The fourth-order valence-electron chi connectivity index (χ4n) is 5.02. The maximum absolute atomic E-state index is 10.9. The molecule has 1 unspecified atom stereocenters. The zero-order valence-corrected chi connectivity index (χ0v) is 23.1. The first kappa shape index (κ1) is 29.2. The predicted octanol–water partition coefficient (Wildman–Crippen LogP) is 7.40. The molecule has 1 fully saturated rings. The standard InChI is InChI=1S/C27H26O3.C4H8O.C2H6O/c1-17-11-21(9-10-28)25-8-7-24(15-26(17)25)30-16-20-5-4-6-22(14-20)27-18(2)12-23(29)13-19(27)3;1-2-4-5-3-1;1-3-2/h4-8,10,12-15,21,29H,1,9,11,16H2,2-3H3;1-4H2;1-2H3. The highest BCUT2D eigenvalue weighted by Crippen LogP contribution is 2.43. The van der Waals surface area contributed by atoms with E-state index in [0.717, 1.165) is 70.6 Å². The number of ether oxygens (including phenoxy) is 3. The van der Waals surface area contributed by atoms with Gasteiger partial charge in [-0.05, 0) is 114 Å². The van der Waals surface area contributed by atoms with Crippen molar-refractivity contribution < 1.29 is 24.1 Å². The number of phenols is 1. The fourth-order valence-corrected chi connectivity index (χ4v) is 5.02. The second kappa shape index (κ2) is 14.5. The number of hydrogen-bond acceptors (Lipinski definition) is 5. The normalized spacial score (nSPS) is 15.6. The number of fused-ring (bicyclic) bond motifs is 1. The minimum atomic E-state index is 0.243. The van der Waals surface area contributed by atoms with Gasteiger partial charge in [-0.1, -0.05) is 30.8 Å². The van der Waals surface area contributed by atoms with E-state index in [2.05, 4.69) is 35.6 Å². The van der Waals surface area contributed by atoms with E-state index in [9.17, 15) is 9.90 Å². The molecule has 0 saturated carbocycles. The molecule has 0 aromatic heterocycles. The van der Waals surface area contributed by atoms with Crippen LogP contribution in [0.15, 0.2) is 61.2 Å². The summed E-state index contributed by atoms with van der Waals surface area (Å²) in [6, 6.07) is 18.0. The topological polar surface area (TPSA) is 65.0 Å². The third-order valence-corrected chi connectivity index (χ3v) is 6.68. The largest absolute Gasteiger partial charge is 0.508 e. The Morgan fingerprint density at radius 1 is 1.03 bits per heavy atom. The third kappa shape index (κ3) is 7.80. The molecule has 0 spiro atoms. The molecule has 1 saturated heterocycles. The molecule has 1 aliphatic carbocycles. The minimum Gasteiger partial charge on any atom is -0.508 e. The van der Waals surface area contributed by atoms with Crippen LogP contribution in [0.5, 0.6) is 11.5 Å². The van der Waals surface area contributed by atoms with Gasteiger partial charge in [-0.2, -0.15) is 0 Å². The number of aldehydes is 1. The molecule has 1 aliphatic heterocycles. The molecule has 3 aromatic carbocycles. The van der Waals surface area contributed by atoms with Crippen molar-refractivity contribution in [2.75, 3.05) is 27.4 Å². The number of allylic oxidation sites excluding steroid dienone is 1. The van der Waals surface area contributed by atoms with Crippen molar-refractivity contribution in [1.82, 2.24) is 0 Å². The fraction of sp³-hybridized carbons (Fsp3) is 0.364. The summed E-state index contributed by atoms with van der Waals surface area (Å²) in [6.45, 7) is 10.7. The van der Waals surface area contributed by atoms with E-state index in [0.29, 0.717) is 18.8 Å². The van der Waals surface area contributed by atoms with Gasteiger partial charge in [-0.3, -0.25) is 0 Å². The van der Waals surface area contributed by atoms with E-state index >= 15 is 0 Å². The van der Waals surface area contributed by atoms with E-state index in [4.69, 9.17) is 9.47 Å². The van der Waals surface area contributed by atoms with E-state index in [1.807, 2.05) is 32.0 Å². The van der Waals surface area contributed by atoms with Crippen LogP contribution in [0.3, 0.4) is 0 Å². The van der Waals surface area contributed by atoms with Gasteiger partial charge in [0, 0.05) is 33.9 Å². The van der Waals surface area contributed by atoms with Gasteiger partial charge in [0.15, 0.2) is 0 Å². The molecule has 3 aromatic rings. The van der Waals surface area contributed by atoms with Crippen molar-refractivity contribution in [1.29, 1.82) is 0 Å². The quantitative estimate of drug-likeness (QED) is 0.346. The summed E-state index contributed by atoms with van der Waals surface area (Å²) in [7, 11) is 3.25. The molecule has 0 amide bonds. The molecule has 0 radical (unpaired) electrons. The molecule has 2 aliphatic rings. The summed E-state index contributed by atoms with van der Waals surface area (Å²) in [5.41, 5.74) is 8.82. The van der Waals surface area contributed by atoms with Gasteiger partial charge in [-0.15, -0.1) is 0 Å². The Kier molecular flexibility index (Phi) is 11.1. The van der Waals surface area contributed by atoms with E-state index in [1.54, 1.807) is 26.4 Å². The van der Waals surface area contributed by atoms with Crippen molar-refractivity contribution in [3.63, 3.8) is 0 Å². The van der Waals surface area contributed by atoms with Gasteiger partial charge in [0.05, 0.1) is 0 Å². The first-order valence-electron chi connectivity index (χ1n) is 13.1. The van der Waals surface area contributed by atoms with Crippen LogP contribution in [0.2, 0.25) is 0 Å². The second-order valence-electron chi connectivity index (χ2n) is 9.83. The van der Waals surface area contributed by atoms with Crippen molar-refractivity contribution in [3.05, 3.63) is 89.0 Å². The number of benzene rings is 3. The number of hydrogen-bond donors (Lipinski definition) is 1. The van der Waals surface area contributed by atoms with E-state index in [-0.39, 0.29) is 5.92 Å². The highest BCUT2D eigenvalue weighted by Gasteiger charge is 2.25. The lowest BCUT2D eigenvalue weighted by Gasteiger charge is -2.13. The monoisotopic (exact) mass is 516 g/mol. The Hall–Kier alpha value is -3.41. The molecule has 1 atom stereocenters. The number of aromatic hydroxyl groups is 1. The van der Waals surface area contributed by atoms with Gasteiger partial charge >= 0.3 is 0 Å². The lowest BCUT2D eigenvalue weighted by molar-refractivity contribution is -0.108. The summed E-state index contributed by atoms with van der Waals surface area (Å²) < 4.78 is 15.3. The smallest absolute Gasteiger partial charge is 0.120 e. The molecule has 5 nitrogen and oxygen atoms in total. The summed E-state index contributed by atoms with van der Waals surface area (Å²) in [6.07, 6.45) is 4.92. The molecule has 38 heavy (non-hydrogen) atoms. The Morgan fingerprint density at radius 3 is 2.32 bits per heavy atom. The first-order valence-corrected chi connectivity index (χ1v) is 13.1. The zero-order chi connectivity index (χ0) is 27.5. The van der Waals surface area contributed by atoms with Gasteiger partial charge in [0.25, 0.3) is 0 Å². The van der Waals surface area contributed by atoms with Crippen molar-refractivity contribution in [2.45, 2.75) is 52.1 Å². The summed E-state index contributed by atoms with van der Waals surface area (Å²) >= 11 is 0. The maximum Gasteiger partial charge on any atom is 0.120 e. The molecule has 0 bridgehead atoms. The van der Waals surface area contributed by atoms with Gasteiger partial charge < -0.3 is 24.1 Å². The average Bonchev–Trinajstić information content (AvgIpc) is 3.56. The lowest BCUT2D eigenvalue weighted by Crippen LogP contribution is -1.98. The predicted molar refractivity (Wildman–Crippen MR) is 154 cm³/mol. The summed E-state index contributed by atoms with van der Waals surface area (Å²) in [4.78, 5) is 10.9. The average molecular weight is 517 g/mol. The molecular weight excluding hydrogens is 476 g/mol. The zero-order valence-electron chi connectivity index (χ0n) is 23.1. The van der Waals surface area contributed by atoms with Crippen LogP contribution in [0.4, 0.5) is 0 Å². The summed E-state index contributed by atoms with van der Waals surface area (Å²) in [5, 5.41) is 9.82. The minimum absolute atomic E-state index is 0.243. The van der Waals surface area contributed by atoms with Crippen LogP contribution < -0.4 is 4.74 Å². The lowest BCUT2D eigenvalue weighted by atomic mass is 9.94. The number of methoxy groups -OCH3 is 1. The molecular formula is C33H40O5. The van der Waals surface area contributed by atoms with Crippen molar-refractivity contribution >= 4 is 11.9 Å². The van der Waals surface area contributed by atoms with Gasteiger partial charge in [-0.25, -0.2) is 0 Å². The third-order valence-electron chi connectivity index (χ3n) is 6.68. The van der Waals surface area contributed by atoms with Crippen LogP contribution in [-0.4, -0.2) is 38.8 Å². The van der Waals surface area contributed by atoms with Crippen LogP contribution in [-0.2, 0) is 20.9 Å². The highest BCUT2D eigenvalue weighted by molar-refractivity contribution is 5.75. The first-order chi connectivity index (χ1) is 18.4. The van der Waals surface area contributed by atoms with Crippen LogP contribution >= 0.6 is 0 Å². The number of carbonyl (C=O) groups is 1. The molecule has 1 N–H and O–H groups in total. The number of rotatable bonds is 6. The van der Waals surface area contributed by atoms with Gasteiger partial charge in [0.2, 0.25) is 0 Å². The Labute approximate surface area is 227 Å². The van der Waals surface area contributed by atoms with Crippen molar-refractivity contribution in [2.24, 2.45) is 0 Å². The van der Waals surface area contributed by atoms with Crippen molar-refractivity contribution in [3.8, 4) is 22.6 Å². The molecule has 1 heterocycles. The van der Waals surface area contributed by atoms with E-state index < -0.39 is 0 Å². The molecule has 202 valence electrons. The number of phenolic OH excluding ortho intramolecular Hbond substituents is 1. The SMILES string of the molecule is C1CCOC1.C=C1CC(CC=O)c2ccc(OCc3cccc(-c4c(C)cc(O)cc4C)c3)cc21.COC. The Balaban J connectivity index is 0.000000433. The van der Waals surface area contributed by atoms with E-state index in [1.165, 1.54) is 18.4 Å². The van der Waals surface area contributed by atoms with Crippen LogP contribution in [0.25, 0.3) is 16.7 Å². The summed E-state index contributed by atoms with van der Waals surface area (Å²) in [5.74, 6) is 1.35.